The first-order valence-electron chi connectivity index (χ1n) is 8.18. The molecule has 0 aromatic heterocycles. The molecule has 0 radical (unpaired) electrons. The smallest absolute Gasteiger partial charge is 0.346 e. The number of methoxy groups -OCH3 is 2. The molecular weight excluding hydrogens is 334 g/mol. The maximum Gasteiger partial charge on any atom is 0.346 e. The molecule has 0 unspecified atom stereocenters. The monoisotopic (exact) mass is 357 g/mol. The van der Waals surface area contributed by atoms with Crippen molar-refractivity contribution in [1.29, 1.82) is 0 Å². The summed E-state index contributed by atoms with van der Waals surface area (Å²) >= 11 is 0. The maximum atomic E-state index is 12.5. The number of nitrogens with one attached hydrogen (secondary N) is 1. The Hall–Kier alpha value is -3.02. The first-order valence-corrected chi connectivity index (χ1v) is 8.18. The normalized spacial score (nSPS) is 11.4. The summed E-state index contributed by atoms with van der Waals surface area (Å²) in [5.41, 5.74) is 2.86. The maximum absolute atomic E-state index is 12.5. The minimum absolute atomic E-state index is 0.142. The van der Waals surface area contributed by atoms with Gasteiger partial charge in [-0.15, -0.1) is 0 Å². The number of anilines is 1. The van der Waals surface area contributed by atoms with Gasteiger partial charge in [-0.25, -0.2) is 4.79 Å². The van der Waals surface area contributed by atoms with Crippen molar-refractivity contribution >= 4 is 17.6 Å². The number of aryl methyl sites for hydroxylation is 1. The number of hydrogen-bond donors (Lipinski definition) is 1. The molecule has 0 saturated carbocycles. The topological polar surface area (TPSA) is 73.9 Å². The highest BCUT2D eigenvalue weighted by atomic mass is 16.6. The first-order chi connectivity index (χ1) is 12.4. The molecule has 2 aromatic carbocycles. The third kappa shape index (κ3) is 4.14. The number of esters is 1. The summed E-state index contributed by atoms with van der Waals surface area (Å²) < 4.78 is 15.7. The van der Waals surface area contributed by atoms with E-state index in [4.69, 9.17) is 14.2 Å². The predicted molar refractivity (Wildman–Crippen MR) is 99.0 cm³/mol. The van der Waals surface area contributed by atoms with Crippen molar-refractivity contribution < 1.29 is 23.8 Å². The van der Waals surface area contributed by atoms with Gasteiger partial charge in [-0.2, -0.15) is 0 Å². The summed E-state index contributed by atoms with van der Waals surface area (Å²) in [5.74, 6) is -0.475. The number of hydrogen-bond acceptors (Lipinski definition) is 5. The van der Waals surface area contributed by atoms with Crippen LogP contribution in [-0.4, -0.2) is 32.2 Å². The second-order valence-electron chi connectivity index (χ2n) is 5.82. The largest absolute Gasteiger partial charge is 0.496 e. The quantitative estimate of drug-likeness (QED) is 0.801. The van der Waals surface area contributed by atoms with Gasteiger partial charge < -0.3 is 19.5 Å². The molecular formula is C20H23NO5. The van der Waals surface area contributed by atoms with Crippen LogP contribution in [0.15, 0.2) is 36.4 Å². The highest BCUT2D eigenvalue weighted by Gasteiger charge is 2.25. The summed E-state index contributed by atoms with van der Waals surface area (Å²) in [4.78, 5) is 24.9. The van der Waals surface area contributed by atoms with Gasteiger partial charge in [-0.1, -0.05) is 18.2 Å². The molecule has 2 rings (SSSR count). The van der Waals surface area contributed by atoms with Crippen LogP contribution in [0.1, 0.15) is 28.4 Å². The summed E-state index contributed by atoms with van der Waals surface area (Å²) in [7, 11) is 2.89. The van der Waals surface area contributed by atoms with Gasteiger partial charge in [0.2, 0.25) is 0 Å². The number of carbonyl (C=O) groups is 2. The Morgan fingerprint density at radius 1 is 0.962 bits per heavy atom. The van der Waals surface area contributed by atoms with Gasteiger partial charge in [-0.3, -0.25) is 4.79 Å². The molecule has 0 bridgehead atoms. The van der Waals surface area contributed by atoms with E-state index < -0.39 is 18.0 Å². The van der Waals surface area contributed by atoms with Crippen LogP contribution >= 0.6 is 0 Å². The van der Waals surface area contributed by atoms with Crippen molar-refractivity contribution in [2.45, 2.75) is 26.9 Å². The third-order valence-electron chi connectivity index (χ3n) is 4.15. The lowest BCUT2D eigenvalue weighted by molar-refractivity contribution is -0.123. The van der Waals surface area contributed by atoms with Crippen molar-refractivity contribution in [1.82, 2.24) is 0 Å². The van der Waals surface area contributed by atoms with Crippen molar-refractivity contribution in [2.75, 3.05) is 19.5 Å². The van der Waals surface area contributed by atoms with Gasteiger partial charge in [0.15, 0.2) is 6.10 Å². The van der Waals surface area contributed by atoms with Gasteiger partial charge in [0, 0.05) is 5.69 Å². The highest BCUT2D eigenvalue weighted by Crippen LogP contribution is 2.29. The number of ether oxygens (including phenoxy) is 3. The molecule has 0 heterocycles. The minimum atomic E-state index is -0.989. The average Bonchev–Trinajstić information content (AvgIpc) is 2.64. The summed E-state index contributed by atoms with van der Waals surface area (Å²) in [6, 6.07) is 10.6. The molecule has 26 heavy (non-hydrogen) atoms. The Balaban J connectivity index is 2.14. The Bertz CT molecular complexity index is 794. The second kappa shape index (κ2) is 8.38. The van der Waals surface area contributed by atoms with Crippen LogP contribution in [0.25, 0.3) is 0 Å². The van der Waals surface area contributed by atoms with Gasteiger partial charge in [0.05, 0.1) is 14.2 Å². The lowest BCUT2D eigenvalue weighted by Crippen LogP contribution is -2.30. The molecule has 1 N–H and O–H groups in total. The van der Waals surface area contributed by atoms with E-state index in [-0.39, 0.29) is 5.56 Å². The summed E-state index contributed by atoms with van der Waals surface area (Å²) in [5, 5.41) is 2.79. The highest BCUT2D eigenvalue weighted by molar-refractivity contribution is 6.00. The van der Waals surface area contributed by atoms with Gasteiger partial charge >= 0.3 is 5.97 Å². The molecule has 0 aliphatic carbocycles. The predicted octanol–water partition coefficient (Wildman–Crippen LogP) is 3.50. The molecule has 0 fully saturated rings. The van der Waals surface area contributed by atoms with Crippen LogP contribution < -0.4 is 14.8 Å². The molecule has 1 amide bonds. The van der Waals surface area contributed by atoms with Gasteiger partial charge in [0.1, 0.15) is 17.1 Å². The van der Waals surface area contributed by atoms with E-state index in [9.17, 15) is 9.59 Å². The lowest BCUT2D eigenvalue weighted by atomic mass is 10.1. The first kappa shape index (κ1) is 19.3. The SMILES string of the molecule is COc1cccc(OC)c1C(=O)O[C@H](C)C(=O)Nc1cccc(C)c1C. The summed E-state index contributed by atoms with van der Waals surface area (Å²) in [6.07, 6.45) is -0.989. The van der Waals surface area contributed by atoms with E-state index in [1.54, 1.807) is 24.3 Å². The fraction of sp³-hybridized carbons (Fsp3) is 0.300. The van der Waals surface area contributed by atoms with Crippen LogP contribution in [0.3, 0.4) is 0 Å². The van der Waals surface area contributed by atoms with Crippen molar-refractivity contribution in [3.8, 4) is 11.5 Å². The average molecular weight is 357 g/mol. The van der Waals surface area contributed by atoms with Crippen molar-refractivity contribution in [3.05, 3.63) is 53.1 Å². The molecule has 6 heteroatoms. The zero-order valence-electron chi connectivity index (χ0n) is 15.6. The molecule has 0 aliphatic heterocycles. The van der Waals surface area contributed by atoms with Crippen LogP contribution in [0.4, 0.5) is 5.69 Å². The number of carbonyl (C=O) groups excluding carboxylic acids is 2. The van der Waals surface area contributed by atoms with Crippen LogP contribution in [0.2, 0.25) is 0 Å². The second-order valence-corrected chi connectivity index (χ2v) is 5.82. The van der Waals surface area contributed by atoms with Crippen LogP contribution in [0, 0.1) is 13.8 Å². The molecule has 0 aliphatic rings. The van der Waals surface area contributed by atoms with E-state index in [0.29, 0.717) is 17.2 Å². The number of rotatable bonds is 6. The van der Waals surface area contributed by atoms with E-state index in [1.165, 1.54) is 21.1 Å². The molecule has 0 saturated heterocycles. The zero-order chi connectivity index (χ0) is 19.3. The molecule has 138 valence electrons. The van der Waals surface area contributed by atoms with E-state index in [2.05, 4.69) is 5.32 Å². The van der Waals surface area contributed by atoms with Crippen LogP contribution in [0.5, 0.6) is 11.5 Å². The van der Waals surface area contributed by atoms with Crippen LogP contribution in [-0.2, 0) is 9.53 Å². The van der Waals surface area contributed by atoms with Gasteiger partial charge in [0.25, 0.3) is 5.91 Å². The third-order valence-corrected chi connectivity index (χ3v) is 4.15. The molecule has 6 nitrogen and oxygen atoms in total. The van der Waals surface area contributed by atoms with Gasteiger partial charge in [-0.05, 0) is 50.1 Å². The molecule has 2 aromatic rings. The lowest BCUT2D eigenvalue weighted by Gasteiger charge is -2.17. The van der Waals surface area contributed by atoms with Crippen molar-refractivity contribution in [3.63, 3.8) is 0 Å². The molecule has 0 spiro atoms. The minimum Gasteiger partial charge on any atom is -0.496 e. The Labute approximate surface area is 153 Å². The fourth-order valence-corrected chi connectivity index (χ4v) is 2.45. The fourth-order valence-electron chi connectivity index (χ4n) is 2.45. The Morgan fingerprint density at radius 3 is 2.12 bits per heavy atom. The molecule has 1 atom stereocenters. The summed E-state index contributed by atoms with van der Waals surface area (Å²) in [6.45, 7) is 5.39. The zero-order valence-corrected chi connectivity index (χ0v) is 15.6. The Kier molecular flexibility index (Phi) is 6.22. The number of amides is 1. The van der Waals surface area contributed by atoms with E-state index in [1.807, 2.05) is 26.0 Å². The van der Waals surface area contributed by atoms with E-state index in [0.717, 1.165) is 11.1 Å². The Morgan fingerprint density at radius 2 is 1.54 bits per heavy atom. The standard InChI is InChI=1S/C20H23NO5/c1-12-8-6-9-15(13(12)2)21-19(22)14(3)26-20(23)18-16(24-4)10-7-11-17(18)25-5/h6-11,14H,1-5H3,(H,21,22)/t14-/m1/s1. The van der Waals surface area contributed by atoms with E-state index >= 15 is 0 Å². The number of benzene rings is 2. The van der Waals surface area contributed by atoms with Crippen molar-refractivity contribution in [2.24, 2.45) is 0 Å².